The van der Waals surface area contributed by atoms with Crippen molar-refractivity contribution >= 4 is 43.4 Å². The second-order valence-electron chi connectivity index (χ2n) is 20.3. The van der Waals surface area contributed by atoms with Crippen molar-refractivity contribution < 1.29 is 0 Å². The second-order valence-corrected chi connectivity index (χ2v) is 20.3. The maximum Gasteiger partial charge on any atom is 0.0541 e. The average molecular weight is 834 g/mol. The van der Waals surface area contributed by atoms with Gasteiger partial charge in [-0.1, -0.05) is 169 Å². The molecule has 0 spiro atoms. The van der Waals surface area contributed by atoms with Crippen LogP contribution in [-0.2, 0) is 10.8 Å². The van der Waals surface area contributed by atoms with Gasteiger partial charge in [-0.05, 0) is 183 Å². The summed E-state index contributed by atoms with van der Waals surface area (Å²) in [7, 11) is 0. The van der Waals surface area contributed by atoms with E-state index in [0.29, 0.717) is 0 Å². The van der Waals surface area contributed by atoms with Gasteiger partial charge in [0.1, 0.15) is 0 Å². The Hall–Kier alpha value is -7.48. The largest absolute Gasteiger partial charge is 0.309 e. The van der Waals surface area contributed by atoms with Gasteiger partial charge in [0.2, 0.25) is 0 Å². The van der Waals surface area contributed by atoms with Crippen LogP contribution in [0.3, 0.4) is 0 Å². The van der Waals surface area contributed by atoms with E-state index < -0.39 is 0 Å². The van der Waals surface area contributed by atoms with Gasteiger partial charge in [0.15, 0.2) is 0 Å². The van der Waals surface area contributed by atoms with E-state index in [9.17, 15) is 0 Å². The monoisotopic (exact) mass is 833 g/mol. The third-order valence-electron chi connectivity index (χ3n) is 14.0. The fraction of sp³-hybridized carbons (Fsp3) is 0.125. The zero-order valence-electron chi connectivity index (χ0n) is 38.0. The standard InChI is InChI=1S/C64H51N/c1-63(2,3)50-24-17-42(18-25-50)53-35-48-38-57-55-32-46-21-28-52(31-47(46)37-56(55)58(57)39-49(48)36-54(53)43-19-26-51(27-20-43)64(4,5)6)65-61-29-22-44(40-13-9-7-10-14-40)33-59(61)60-34-45(23-30-62(60)65)41-15-11-8-12-16-41/h7-39H,1-6H3. The van der Waals surface area contributed by atoms with Crippen LogP contribution < -0.4 is 0 Å². The fourth-order valence-electron chi connectivity index (χ4n) is 10.3. The van der Waals surface area contributed by atoms with Crippen molar-refractivity contribution in [3.63, 3.8) is 0 Å². The molecule has 0 radical (unpaired) electrons. The predicted octanol–water partition coefficient (Wildman–Crippen LogP) is 18.0. The molecule has 0 unspecified atom stereocenters. The normalized spacial score (nSPS) is 12.5. The summed E-state index contributed by atoms with van der Waals surface area (Å²) in [4.78, 5) is 0. The first-order valence-corrected chi connectivity index (χ1v) is 23.1. The number of aromatic nitrogens is 1. The molecule has 0 fully saturated rings. The molecule has 1 aromatic heterocycles. The molecular formula is C64H51N. The summed E-state index contributed by atoms with van der Waals surface area (Å²) >= 11 is 0. The van der Waals surface area contributed by atoms with Crippen LogP contribution in [0.2, 0.25) is 0 Å². The predicted molar refractivity (Wildman–Crippen MR) is 279 cm³/mol. The SMILES string of the molecule is CC(C)(C)c1ccc(-c2cc3cc4c(cc3cc2-c2ccc(C(C)(C)C)cc2)-c2cc3cc(-n5c6ccc(-c7ccccc7)cc6c6cc(-c7ccccc7)ccc65)ccc3cc2-4)cc1. The highest BCUT2D eigenvalue weighted by molar-refractivity contribution is 6.14. The smallest absolute Gasteiger partial charge is 0.0541 e. The van der Waals surface area contributed by atoms with Gasteiger partial charge in [0.05, 0.1) is 11.0 Å². The maximum absolute atomic E-state index is 2.46. The van der Waals surface area contributed by atoms with Crippen molar-refractivity contribution in [1.29, 1.82) is 0 Å². The van der Waals surface area contributed by atoms with Crippen molar-refractivity contribution in [3.8, 4) is 72.4 Å². The highest BCUT2D eigenvalue weighted by Gasteiger charge is 2.25. The third-order valence-corrected chi connectivity index (χ3v) is 14.0. The van der Waals surface area contributed by atoms with Gasteiger partial charge >= 0.3 is 0 Å². The van der Waals surface area contributed by atoms with Crippen LogP contribution in [0.15, 0.2) is 200 Å². The molecule has 1 nitrogen and oxygen atoms in total. The Kier molecular flexibility index (Phi) is 8.75. The lowest BCUT2D eigenvalue weighted by Crippen LogP contribution is -2.10. The van der Waals surface area contributed by atoms with Crippen molar-refractivity contribution in [2.24, 2.45) is 0 Å². The molecule has 1 aliphatic rings. The lowest BCUT2D eigenvalue weighted by atomic mass is 9.77. The van der Waals surface area contributed by atoms with Crippen molar-refractivity contribution in [1.82, 2.24) is 4.57 Å². The zero-order valence-corrected chi connectivity index (χ0v) is 38.0. The van der Waals surface area contributed by atoms with Crippen molar-refractivity contribution in [2.45, 2.75) is 52.4 Å². The van der Waals surface area contributed by atoms with E-state index >= 15 is 0 Å². The van der Waals surface area contributed by atoms with E-state index in [-0.39, 0.29) is 10.8 Å². The molecule has 65 heavy (non-hydrogen) atoms. The average Bonchev–Trinajstić information content (AvgIpc) is 3.65. The molecule has 11 aromatic rings. The lowest BCUT2D eigenvalue weighted by Gasteiger charge is -2.26. The Balaban J connectivity index is 0.978. The minimum Gasteiger partial charge on any atom is -0.309 e. The minimum atomic E-state index is 0.0941. The van der Waals surface area contributed by atoms with Crippen molar-refractivity contribution in [3.05, 3.63) is 211 Å². The molecule has 312 valence electrons. The van der Waals surface area contributed by atoms with Crippen LogP contribution in [0, 0.1) is 0 Å². The van der Waals surface area contributed by atoms with Crippen LogP contribution in [-0.4, -0.2) is 4.57 Å². The molecule has 0 aliphatic heterocycles. The Labute approximate surface area is 382 Å². The molecule has 0 saturated heterocycles. The number of benzene rings is 10. The first-order valence-electron chi connectivity index (χ1n) is 23.1. The summed E-state index contributed by atoms with van der Waals surface area (Å²) in [6, 6.07) is 75.4. The summed E-state index contributed by atoms with van der Waals surface area (Å²) < 4.78 is 2.46. The Bertz CT molecular complexity index is 3570. The van der Waals surface area contributed by atoms with E-state index in [1.54, 1.807) is 0 Å². The fourth-order valence-corrected chi connectivity index (χ4v) is 10.3. The topological polar surface area (TPSA) is 4.93 Å². The van der Waals surface area contributed by atoms with Crippen LogP contribution in [0.25, 0.3) is 116 Å². The summed E-state index contributed by atoms with van der Waals surface area (Å²) in [5, 5.41) is 7.55. The van der Waals surface area contributed by atoms with Gasteiger partial charge < -0.3 is 4.57 Å². The Morgan fingerprint density at radius 1 is 0.277 bits per heavy atom. The molecule has 0 bridgehead atoms. The van der Waals surface area contributed by atoms with E-state index in [2.05, 4.69) is 246 Å². The van der Waals surface area contributed by atoms with Crippen LogP contribution in [0.5, 0.6) is 0 Å². The van der Waals surface area contributed by atoms with Crippen LogP contribution in [0.4, 0.5) is 0 Å². The summed E-state index contributed by atoms with van der Waals surface area (Å²) in [6.45, 7) is 13.7. The third kappa shape index (κ3) is 6.60. The quantitative estimate of drug-likeness (QED) is 0.163. The number of hydrogen-bond donors (Lipinski definition) is 0. The highest BCUT2D eigenvalue weighted by atomic mass is 15.0. The van der Waals surface area contributed by atoms with Gasteiger partial charge in [0, 0.05) is 16.5 Å². The van der Waals surface area contributed by atoms with Crippen LogP contribution in [0.1, 0.15) is 52.7 Å². The zero-order chi connectivity index (χ0) is 44.2. The molecule has 0 saturated carbocycles. The molecule has 0 atom stereocenters. The number of fused-ring (bicyclic) bond motifs is 9. The Morgan fingerprint density at radius 2 is 0.646 bits per heavy atom. The Morgan fingerprint density at radius 3 is 1.06 bits per heavy atom. The molecule has 1 aliphatic carbocycles. The van der Waals surface area contributed by atoms with Gasteiger partial charge in [0.25, 0.3) is 0 Å². The first-order chi connectivity index (χ1) is 31.4. The summed E-state index contributed by atoms with van der Waals surface area (Å²) in [5.41, 5.74) is 21.7. The van der Waals surface area contributed by atoms with Crippen molar-refractivity contribution in [2.75, 3.05) is 0 Å². The second kappa shape index (κ2) is 14.5. The minimum absolute atomic E-state index is 0.0941. The summed E-state index contributed by atoms with van der Waals surface area (Å²) in [5.74, 6) is 0. The molecular weight excluding hydrogens is 783 g/mol. The van der Waals surface area contributed by atoms with Gasteiger partial charge in [-0.3, -0.25) is 0 Å². The number of nitrogens with zero attached hydrogens (tertiary/aromatic N) is 1. The van der Waals surface area contributed by atoms with Gasteiger partial charge in [-0.25, -0.2) is 0 Å². The molecule has 0 N–H and O–H groups in total. The highest BCUT2D eigenvalue weighted by Crippen LogP contribution is 2.52. The number of hydrogen-bond acceptors (Lipinski definition) is 0. The van der Waals surface area contributed by atoms with Crippen LogP contribution >= 0.6 is 0 Å². The summed E-state index contributed by atoms with van der Waals surface area (Å²) in [6.07, 6.45) is 0. The van der Waals surface area contributed by atoms with Gasteiger partial charge in [-0.15, -0.1) is 0 Å². The van der Waals surface area contributed by atoms with E-state index in [4.69, 9.17) is 0 Å². The number of rotatable bonds is 5. The molecule has 0 amide bonds. The maximum atomic E-state index is 2.46. The van der Waals surface area contributed by atoms with E-state index in [0.717, 1.165) is 0 Å². The van der Waals surface area contributed by atoms with E-state index in [1.165, 1.54) is 127 Å². The molecule has 1 heterocycles. The van der Waals surface area contributed by atoms with Gasteiger partial charge in [-0.2, -0.15) is 0 Å². The molecule has 10 aromatic carbocycles. The first kappa shape index (κ1) is 39.1. The molecule has 1 heteroatoms. The van der Waals surface area contributed by atoms with E-state index in [1.807, 2.05) is 0 Å². The lowest BCUT2D eigenvalue weighted by molar-refractivity contribution is 0.590. The molecule has 12 rings (SSSR count).